The number of hydrogen-bond donors (Lipinski definition) is 3. The third kappa shape index (κ3) is 2.11. The topological polar surface area (TPSA) is 119 Å². The lowest BCUT2D eigenvalue weighted by Gasteiger charge is -2.09. The Labute approximate surface area is 115 Å². The van der Waals surface area contributed by atoms with Gasteiger partial charge in [-0.3, -0.25) is 4.72 Å². The minimum Gasteiger partial charge on any atom is -0.454 e. The first kappa shape index (κ1) is 12.6. The number of rotatable bonds is 3. The number of ether oxygens (including phenoxy) is 2. The second-order valence-corrected chi connectivity index (χ2v) is 5.88. The Hall–Kier alpha value is -2.42. The summed E-state index contributed by atoms with van der Waals surface area (Å²) >= 11 is 0. The Kier molecular flexibility index (Phi) is 2.71. The van der Waals surface area contributed by atoms with E-state index in [2.05, 4.69) is 14.7 Å². The van der Waals surface area contributed by atoms with Crippen molar-refractivity contribution < 1.29 is 17.9 Å². The van der Waals surface area contributed by atoms with Crippen LogP contribution in [0.15, 0.2) is 23.4 Å². The predicted octanol–water partition coefficient (Wildman–Crippen LogP) is 0.830. The van der Waals surface area contributed by atoms with Gasteiger partial charge in [-0.25, -0.2) is 4.98 Å². The maximum absolute atomic E-state index is 12.2. The average Bonchev–Trinajstić information content (AvgIpc) is 2.98. The number of H-pyrrole nitrogens is 1. The van der Waals surface area contributed by atoms with Crippen molar-refractivity contribution in [3.8, 4) is 11.5 Å². The fourth-order valence-corrected chi connectivity index (χ4v) is 2.83. The summed E-state index contributed by atoms with van der Waals surface area (Å²) in [6, 6.07) is 3.00. The highest BCUT2D eigenvalue weighted by Gasteiger charge is 2.21. The van der Waals surface area contributed by atoms with Gasteiger partial charge in [0.05, 0.1) is 17.6 Å². The van der Waals surface area contributed by atoms with Crippen LogP contribution in [-0.2, 0) is 10.0 Å². The van der Waals surface area contributed by atoms with Crippen LogP contribution in [0.5, 0.6) is 11.5 Å². The predicted molar refractivity (Wildman–Crippen MR) is 71.1 cm³/mol. The van der Waals surface area contributed by atoms with Crippen LogP contribution in [0.2, 0.25) is 0 Å². The molecule has 2 aromatic rings. The summed E-state index contributed by atoms with van der Waals surface area (Å²) in [6.45, 7) is 1.75. The van der Waals surface area contributed by atoms with Gasteiger partial charge < -0.3 is 20.2 Å². The Morgan fingerprint density at radius 3 is 2.70 bits per heavy atom. The Morgan fingerprint density at radius 1 is 1.35 bits per heavy atom. The lowest BCUT2D eigenvalue weighted by molar-refractivity contribution is 0.174. The molecule has 0 fully saturated rings. The smallest absolute Gasteiger partial charge is 0.279 e. The zero-order valence-corrected chi connectivity index (χ0v) is 11.3. The summed E-state index contributed by atoms with van der Waals surface area (Å²) in [5.74, 6) is 1.43. The molecule has 0 bridgehead atoms. The normalized spacial score (nSPS) is 13.4. The number of aryl methyl sites for hydroxylation is 1. The number of aromatic nitrogens is 2. The Bertz CT molecular complexity index is 769. The highest BCUT2D eigenvalue weighted by molar-refractivity contribution is 7.92. The van der Waals surface area contributed by atoms with E-state index in [1.54, 1.807) is 6.92 Å². The second kappa shape index (κ2) is 4.30. The molecule has 9 heteroatoms. The SMILES string of the molecule is Cc1ncc(S(=O)(=O)Nc2cc3c(cc2N)OCO3)[nH]1. The molecule has 0 amide bonds. The van der Waals surface area contributed by atoms with E-state index in [9.17, 15) is 8.42 Å². The molecular formula is C11H12N4O4S. The fraction of sp³-hybridized carbons (Fsp3) is 0.182. The van der Waals surface area contributed by atoms with Gasteiger partial charge in [-0.2, -0.15) is 8.42 Å². The minimum atomic E-state index is -3.78. The van der Waals surface area contributed by atoms with Crippen LogP contribution in [0.3, 0.4) is 0 Å². The summed E-state index contributed by atoms with van der Waals surface area (Å²) in [4.78, 5) is 6.50. The van der Waals surface area contributed by atoms with Crippen LogP contribution in [-0.4, -0.2) is 25.2 Å². The van der Waals surface area contributed by atoms with Gasteiger partial charge in [0.25, 0.3) is 10.0 Å². The maximum Gasteiger partial charge on any atom is 0.279 e. The van der Waals surface area contributed by atoms with E-state index >= 15 is 0 Å². The first-order chi connectivity index (χ1) is 9.45. The van der Waals surface area contributed by atoms with Crippen molar-refractivity contribution in [3.05, 3.63) is 24.2 Å². The monoisotopic (exact) mass is 296 g/mol. The zero-order valence-electron chi connectivity index (χ0n) is 10.5. The summed E-state index contributed by atoms with van der Waals surface area (Å²) in [5, 5.41) is -0.0351. The standard InChI is InChI=1S/C11H12N4O4S/c1-6-13-4-11(14-6)20(16,17)15-8-3-10-9(2-7(8)12)18-5-19-10/h2-4,15H,5,12H2,1H3,(H,13,14). The van der Waals surface area contributed by atoms with Crippen molar-refractivity contribution in [2.24, 2.45) is 0 Å². The summed E-state index contributed by atoms with van der Waals surface area (Å²) in [6.07, 6.45) is 1.24. The van der Waals surface area contributed by atoms with Crippen LogP contribution in [0, 0.1) is 6.92 Å². The molecule has 3 rings (SSSR count). The fourth-order valence-electron chi connectivity index (χ4n) is 1.78. The van der Waals surface area contributed by atoms with Crippen LogP contribution < -0.4 is 19.9 Å². The molecule has 106 valence electrons. The molecule has 0 saturated carbocycles. The molecule has 1 aromatic carbocycles. The van der Waals surface area contributed by atoms with Crippen LogP contribution >= 0.6 is 0 Å². The molecule has 4 N–H and O–H groups in total. The zero-order chi connectivity index (χ0) is 14.3. The number of nitrogen functional groups attached to an aromatic ring is 1. The summed E-state index contributed by atoms with van der Waals surface area (Å²) in [7, 11) is -3.78. The molecule has 0 radical (unpaired) electrons. The molecule has 0 unspecified atom stereocenters. The molecule has 0 aliphatic carbocycles. The summed E-state index contributed by atoms with van der Waals surface area (Å²) < 4.78 is 37.0. The molecule has 8 nitrogen and oxygen atoms in total. The molecule has 2 heterocycles. The van der Waals surface area contributed by atoms with E-state index in [0.717, 1.165) is 0 Å². The number of nitrogens with two attached hydrogens (primary N) is 1. The van der Waals surface area contributed by atoms with Crippen molar-refractivity contribution in [1.82, 2.24) is 9.97 Å². The van der Waals surface area contributed by atoms with Gasteiger partial charge in [0.2, 0.25) is 6.79 Å². The number of sulfonamides is 1. The van der Waals surface area contributed by atoms with Crippen molar-refractivity contribution in [1.29, 1.82) is 0 Å². The van der Waals surface area contributed by atoms with E-state index < -0.39 is 10.0 Å². The number of nitrogens with one attached hydrogen (secondary N) is 2. The van der Waals surface area contributed by atoms with Crippen LogP contribution in [0.25, 0.3) is 0 Å². The number of fused-ring (bicyclic) bond motifs is 1. The van der Waals surface area contributed by atoms with E-state index in [1.807, 2.05) is 0 Å². The molecule has 0 saturated heterocycles. The summed E-state index contributed by atoms with van der Waals surface area (Å²) in [5.41, 5.74) is 6.26. The van der Waals surface area contributed by atoms with Crippen molar-refractivity contribution in [3.63, 3.8) is 0 Å². The van der Waals surface area contributed by atoms with Crippen molar-refractivity contribution >= 4 is 21.4 Å². The molecule has 0 atom stereocenters. The van der Waals surface area contributed by atoms with Gasteiger partial charge in [-0.15, -0.1) is 0 Å². The molecule has 20 heavy (non-hydrogen) atoms. The third-order valence-electron chi connectivity index (χ3n) is 2.76. The highest BCUT2D eigenvalue weighted by atomic mass is 32.2. The van der Waals surface area contributed by atoms with Gasteiger partial charge in [-0.05, 0) is 6.92 Å². The van der Waals surface area contributed by atoms with E-state index in [0.29, 0.717) is 17.3 Å². The number of nitrogens with zero attached hydrogens (tertiary/aromatic N) is 1. The van der Waals surface area contributed by atoms with E-state index in [4.69, 9.17) is 15.2 Å². The van der Waals surface area contributed by atoms with E-state index in [1.165, 1.54) is 18.3 Å². The number of hydrogen-bond acceptors (Lipinski definition) is 6. The minimum absolute atomic E-state index is 0.0351. The van der Waals surface area contributed by atoms with Crippen LogP contribution in [0.1, 0.15) is 5.82 Å². The molecule has 1 aliphatic heterocycles. The largest absolute Gasteiger partial charge is 0.454 e. The second-order valence-electron chi connectivity index (χ2n) is 4.23. The number of benzene rings is 1. The first-order valence-electron chi connectivity index (χ1n) is 5.69. The lowest BCUT2D eigenvalue weighted by atomic mass is 10.2. The molecule has 1 aromatic heterocycles. The van der Waals surface area contributed by atoms with Crippen molar-refractivity contribution in [2.45, 2.75) is 11.9 Å². The number of aromatic amines is 1. The molecule has 1 aliphatic rings. The number of imidazole rings is 1. The van der Waals surface area contributed by atoms with E-state index in [-0.39, 0.29) is 23.2 Å². The van der Waals surface area contributed by atoms with Gasteiger partial charge in [0.15, 0.2) is 16.5 Å². The van der Waals surface area contributed by atoms with Gasteiger partial charge in [0, 0.05) is 12.1 Å². The first-order valence-corrected chi connectivity index (χ1v) is 7.17. The molecule has 0 spiro atoms. The molecular weight excluding hydrogens is 284 g/mol. The highest BCUT2D eigenvalue weighted by Crippen LogP contribution is 2.38. The number of anilines is 2. The Morgan fingerprint density at radius 2 is 2.05 bits per heavy atom. The van der Waals surface area contributed by atoms with Gasteiger partial charge >= 0.3 is 0 Å². The Balaban J connectivity index is 1.95. The lowest BCUT2D eigenvalue weighted by Crippen LogP contribution is -2.14. The third-order valence-corrected chi connectivity index (χ3v) is 4.03. The quantitative estimate of drug-likeness (QED) is 0.722. The average molecular weight is 296 g/mol. The maximum atomic E-state index is 12.2. The van der Waals surface area contributed by atoms with Gasteiger partial charge in [0.1, 0.15) is 5.82 Å². The van der Waals surface area contributed by atoms with Crippen LogP contribution in [0.4, 0.5) is 11.4 Å². The van der Waals surface area contributed by atoms with Gasteiger partial charge in [-0.1, -0.05) is 0 Å². The van der Waals surface area contributed by atoms with Crippen molar-refractivity contribution in [2.75, 3.05) is 17.2 Å².